The van der Waals surface area contributed by atoms with Crippen LogP contribution in [-0.2, 0) is 6.54 Å². The molecule has 116 valence electrons. The standard InChI is InChI=1S/C15H19N5OS/c16-15-19-13(10-22-15)14(21)18-12-4-2-6-20(9-12)8-11-3-1-5-17-7-11/h1,3,5,7,10,12H,2,4,6,8-9H2,(H2,16,19)(H,18,21)/t12-/m0/s1. The predicted octanol–water partition coefficient (Wildman–Crippen LogP) is 1.51. The largest absolute Gasteiger partial charge is 0.375 e. The lowest BCUT2D eigenvalue weighted by molar-refractivity contribution is 0.0896. The number of carbonyl (C=O) groups excluding carboxylic acids is 1. The highest BCUT2D eigenvalue weighted by Crippen LogP contribution is 2.15. The SMILES string of the molecule is Nc1nc(C(=O)N[C@H]2CCCN(Cc3cccnc3)C2)cs1. The molecule has 0 radical (unpaired) electrons. The molecule has 3 rings (SSSR count). The fourth-order valence-corrected chi connectivity index (χ4v) is 3.26. The van der Waals surface area contributed by atoms with Gasteiger partial charge < -0.3 is 11.1 Å². The number of rotatable bonds is 4. The van der Waals surface area contributed by atoms with Crippen molar-refractivity contribution in [2.45, 2.75) is 25.4 Å². The molecule has 1 saturated heterocycles. The van der Waals surface area contributed by atoms with E-state index in [0.717, 1.165) is 32.5 Å². The van der Waals surface area contributed by atoms with Gasteiger partial charge >= 0.3 is 0 Å². The van der Waals surface area contributed by atoms with Crippen LogP contribution in [0.4, 0.5) is 5.13 Å². The van der Waals surface area contributed by atoms with Gasteiger partial charge in [0.15, 0.2) is 5.13 Å². The molecule has 2 aromatic rings. The second kappa shape index (κ2) is 6.85. The number of nitrogen functional groups attached to an aromatic ring is 1. The van der Waals surface area contributed by atoms with Crippen LogP contribution < -0.4 is 11.1 Å². The van der Waals surface area contributed by atoms with Crippen LogP contribution in [-0.4, -0.2) is 39.9 Å². The summed E-state index contributed by atoms with van der Waals surface area (Å²) in [7, 11) is 0. The van der Waals surface area contributed by atoms with E-state index in [2.05, 4.69) is 26.3 Å². The third kappa shape index (κ3) is 3.80. The number of carbonyl (C=O) groups is 1. The summed E-state index contributed by atoms with van der Waals surface area (Å²) >= 11 is 1.29. The van der Waals surface area contributed by atoms with Crippen LogP contribution in [0.2, 0.25) is 0 Å². The van der Waals surface area contributed by atoms with E-state index in [9.17, 15) is 4.79 Å². The van der Waals surface area contributed by atoms with E-state index in [1.807, 2.05) is 12.3 Å². The van der Waals surface area contributed by atoms with Crippen molar-refractivity contribution in [1.29, 1.82) is 0 Å². The molecule has 1 aliphatic rings. The first-order valence-electron chi connectivity index (χ1n) is 7.34. The quantitative estimate of drug-likeness (QED) is 0.893. The number of hydrogen-bond acceptors (Lipinski definition) is 6. The number of thiazole rings is 1. The highest BCUT2D eigenvalue weighted by Gasteiger charge is 2.22. The lowest BCUT2D eigenvalue weighted by Crippen LogP contribution is -2.47. The second-order valence-corrected chi connectivity index (χ2v) is 6.37. The Morgan fingerprint density at radius 1 is 1.55 bits per heavy atom. The van der Waals surface area contributed by atoms with Crippen LogP contribution >= 0.6 is 11.3 Å². The van der Waals surface area contributed by atoms with E-state index < -0.39 is 0 Å². The van der Waals surface area contributed by atoms with E-state index in [4.69, 9.17) is 5.73 Å². The van der Waals surface area contributed by atoms with Gasteiger partial charge in [-0.15, -0.1) is 11.3 Å². The Hall–Kier alpha value is -1.99. The number of pyridine rings is 1. The number of likely N-dealkylation sites (tertiary alicyclic amines) is 1. The molecule has 0 aliphatic carbocycles. The van der Waals surface area contributed by atoms with Crippen molar-refractivity contribution in [2.75, 3.05) is 18.8 Å². The molecule has 1 fully saturated rings. The summed E-state index contributed by atoms with van der Waals surface area (Å²) in [5, 5.41) is 5.18. The molecule has 1 atom stereocenters. The molecule has 0 spiro atoms. The first-order valence-corrected chi connectivity index (χ1v) is 8.22. The number of nitrogens with zero attached hydrogens (tertiary/aromatic N) is 3. The van der Waals surface area contributed by atoms with E-state index >= 15 is 0 Å². The maximum atomic E-state index is 12.1. The fourth-order valence-electron chi connectivity index (χ4n) is 2.72. The molecule has 3 heterocycles. The van der Waals surface area contributed by atoms with Gasteiger partial charge in [-0.2, -0.15) is 0 Å². The van der Waals surface area contributed by atoms with Gasteiger partial charge in [0.2, 0.25) is 0 Å². The third-order valence-electron chi connectivity index (χ3n) is 3.72. The number of amides is 1. The minimum absolute atomic E-state index is 0.138. The molecule has 1 amide bonds. The Bertz CT molecular complexity index is 630. The Balaban J connectivity index is 1.55. The first kappa shape index (κ1) is 14.9. The summed E-state index contributed by atoms with van der Waals surface area (Å²) in [4.78, 5) is 22.7. The molecule has 3 N–H and O–H groups in total. The normalized spacial score (nSPS) is 19.0. The Morgan fingerprint density at radius 2 is 2.45 bits per heavy atom. The van der Waals surface area contributed by atoms with Crippen molar-refractivity contribution < 1.29 is 4.79 Å². The van der Waals surface area contributed by atoms with Gasteiger partial charge in [-0.05, 0) is 31.0 Å². The topological polar surface area (TPSA) is 84.1 Å². The van der Waals surface area contributed by atoms with Crippen LogP contribution in [0.1, 0.15) is 28.9 Å². The Kier molecular flexibility index (Phi) is 4.65. The number of hydrogen-bond donors (Lipinski definition) is 2. The third-order valence-corrected chi connectivity index (χ3v) is 4.40. The van der Waals surface area contributed by atoms with Crippen LogP contribution in [0.25, 0.3) is 0 Å². The minimum Gasteiger partial charge on any atom is -0.375 e. The average Bonchev–Trinajstić information content (AvgIpc) is 2.95. The smallest absolute Gasteiger partial charge is 0.271 e. The number of nitrogens with one attached hydrogen (secondary N) is 1. The lowest BCUT2D eigenvalue weighted by Gasteiger charge is -2.33. The second-order valence-electron chi connectivity index (χ2n) is 5.48. The van der Waals surface area contributed by atoms with Crippen molar-refractivity contribution >= 4 is 22.4 Å². The number of aromatic nitrogens is 2. The van der Waals surface area contributed by atoms with Gasteiger partial charge in [0.25, 0.3) is 5.91 Å². The fraction of sp³-hybridized carbons (Fsp3) is 0.400. The monoisotopic (exact) mass is 317 g/mol. The molecule has 6 nitrogen and oxygen atoms in total. The maximum Gasteiger partial charge on any atom is 0.271 e. The molecule has 7 heteroatoms. The van der Waals surface area contributed by atoms with Gasteiger partial charge in [-0.3, -0.25) is 14.7 Å². The first-order chi connectivity index (χ1) is 10.7. The van der Waals surface area contributed by atoms with Crippen LogP contribution in [0.5, 0.6) is 0 Å². The van der Waals surface area contributed by atoms with Crippen molar-refractivity contribution in [3.63, 3.8) is 0 Å². The van der Waals surface area contributed by atoms with E-state index in [1.54, 1.807) is 11.6 Å². The van der Waals surface area contributed by atoms with E-state index in [-0.39, 0.29) is 11.9 Å². The van der Waals surface area contributed by atoms with Crippen molar-refractivity contribution in [1.82, 2.24) is 20.2 Å². The Morgan fingerprint density at radius 3 is 3.18 bits per heavy atom. The van der Waals surface area contributed by atoms with Gasteiger partial charge in [-0.1, -0.05) is 6.07 Å². The van der Waals surface area contributed by atoms with Crippen molar-refractivity contribution in [3.05, 3.63) is 41.2 Å². The molecule has 22 heavy (non-hydrogen) atoms. The summed E-state index contributed by atoms with van der Waals surface area (Å²) in [6.45, 7) is 2.76. The maximum absolute atomic E-state index is 12.1. The number of anilines is 1. The average molecular weight is 317 g/mol. The molecular formula is C15H19N5OS. The summed E-state index contributed by atoms with van der Waals surface area (Å²) in [6.07, 6.45) is 5.74. The van der Waals surface area contributed by atoms with Crippen molar-refractivity contribution in [2.24, 2.45) is 0 Å². The summed E-state index contributed by atoms with van der Waals surface area (Å²) in [6, 6.07) is 4.18. The Labute approximate surface area is 133 Å². The predicted molar refractivity (Wildman–Crippen MR) is 86.5 cm³/mol. The van der Waals surface area contributed by atoms with Gasteiger partial charge in [0.1, 0.15) is 5.69 Å². The van der Waals surface area contributed by atoms with Crippen LogP contribution in [0.3, 0.4) is 0 Å². The molecular weight excluding hydrogens is 298 g/mol. The van der Waals surface area contributed by atoms with Crippen LogP contribution in [0, 0.1) is 0 Å². The molecule has 0 bridgehead atoms. The van der Waals surface area contributed by atoms with E-state index in [1.165, 1.54) is 16.9 Å². The highest BCUT2D eigenvalue weighted by atomic mass is 32.1. The number of piperidine rings is 1. The van der Waals surface area contributed by atoms with E-state index in [0.29, 0.717) is 10.8 Å². The minimum atomic E-state index is -0.138. The molecule has 0 unspecified atom stereocenters. The number of nitrogens with two attached hydrogens (primary N) is 1. The molecule has 1 aliphatic heterocycles. The molecule has 2 aromatic heterocycles. The zero-order valence-electron chi connectivity index (χ0n) is 12.2. The zero-order chi connectivity index (χ0) is 15.4. The zero-order valence-corrected chi connectivity index (χ0v) is 13.1. The van der Waals surface area contributed by atoms with Gasteiger partial charge in [0, 0.05) is 36.9 Å². The summed E-state index contributed by atoms with van der Waals surface area (Å²) < 4.78 is 0. The van der Waals surface area contributed by atoms with Gasteiger partial charge in [0.05, 0.1) is 0 Å². The highest BCUT2D eigenvalue weighted by molar-refractivity contribution is 7.13. The van der Waals surface area contributed by atoms with Crippen molar-refractivity contribution in [3.8, 4) is 0 Å². The van der Waals surface area contributed by atoms with Crippen LogP contribution in [0.15, 0.2) is 29.9 Å². The lowest BCUT2D eigenvalue weighted by atomic mass is 10.0. The van der Waals surface area contributed by atoms with Gasteiger partial charge in [-0.25, -0.2) is 4.98 Å². The summed E-state index contributed by atoms with van der Waals surface area (Å²) in [5.41, 5.74) is 7.18. The molecule has 0 saturated carbocycles. The summed E-state index contributed by atoms with van der Waals surface area (Å²) in [5.74, 6) is -0.138. The molecule has 0 aromatic carbocycles.